The summed E-state index contributed by atoms with van der Waals surface area (Å²) in [6, 6.07) is 14.2. The normalized spacial score (nSPS) is 10.5. The van der Waals surface area contributed by atoms with Crippen LogP contribution in [0.15, 0.2) is 48.5 Å². The highest BCUT2D eigenvalue weighted by atomic mass is 35.5. The van der Waals surface area contributed by atoms with Crippen LogP contribution in [0, 0.1) is 13.8 Å². The molecular formula is C21H20ClN3O2. The van der Waals surface area contributed by atoms with Crippen molar-refractivity contribution in [2.45, 2.75) is 13.8 Å². The zero-order valence-corrected chi connectivity index (χ0v) is 16.1. The Hall–Kier alpha value is -3.05. The molecule has 0 aliphatic heterocycles. The van der Waals surface area contributed by atoms with Gasteiger partial charge in [-0.3, -0.25) is 4.79 Å². The van der Waals surface area contributed by atoms with Gasteiger partial charge < -0.3 is 15.8 Å². The van der Waals surface area contributed by atoms with Gasteiger partial charge in [-0.1, -0.05) is 11.6 Å². The molecular weight excluding hydrogens is 362 g/mol. The lowest BCUT2D eigenvalue weighted by Gasteiger charge is -2.14. The van der Waals surface area contributed by atoms with Crippen molar-refractivity contribution in [3.05, 3.63) is 70.2 Å². The fourth-order valence-electron chi connectivity index (χ4n) is 2.86. The van der Waals surface area contributed by atoms with Gasteiger partial charge in [-0.05, 0) is 79.1 Å². The number of methoxy groups -OCH3 is 1. The molecule has 3 aromatic rings. The van der Waals surface area contributed by atoms with Crippen LogP contribution in [0.1, 0.15) is 21.5 Å². The largest absolute Gasteiger partial charge is 0.496 e. The number of hydrogen-bond acceptors (Lipinski definition) is 4. The average Bonchev–Trinajstić information content (AvgIpc) is 2.64. The number of benzene rings is 2. The monoisotopic (exact) mass is 381 g/mol. The molecule has 138 valence electrons. The van der Waals surface area contributed by atoms with Gasteiger partial charge in [0.05, 0.1) is 7.11 Å². The number of amides is 1. The fraction of sp³-hybridized carbons (Fsp3) is 0.143. The highest BCUT2D eigenvalue weighted by molar-refractivity contribution is 6.30. The molecule has 5 nitrogen and oxygen atoms in total. The van der Waals surface area contributed by atoms with Crippen molar-refractivity contribution in [3.63, 3.8) is 0 Å². The summed E-state index contributed by atoms with van der Waals surface area (Å²) in [6.45, 7) is 3.97. The number of hydrogen-bond donors (Lipinski definition) is 2. The van der Waals surface area contributed by atoms with Crippen LogP contribution in [0.5, 0.6) is 5.75 Å². The molecule has 27 heavy (non-hydrogen) atoms. The Morgan fingerprint density at radius 2 is 1.74 bits per heavy atom. The van der Waals surface area contributed by atoms with E-state index in [0.717, 1.165) is 28.0 Å². The molecule has 0 fully saturated rings. The van der Waals surface area contributed by atoms with Crippen LogP contribution in [0.4, 0.5) is 11.6 Å². The molecule has 0 saturated carbocycles. The summed E-state index contributed by atoms with van der Waals surface area (Å²) >= 11 is 5.85. The number of ether oxygens (including phenoxy) is 1. The van der Waals surface area contributed by atoms with Crippen molar-refractivity contribution in [3.8, 4) is 16.9 Å². The first-order valence-corrected chi connectivity index (χ1v) is 8.76. The van der Waals surface area contributed by atoms with Gasteiger partial charge in [-0.25, -0.2) is 4.98 Å². The zero-order valence-electron chi connectivity index (χ0n) is 15.3. The van der Waals surface area contributed by atoms with Gasteiger partial charge in [0, 0.05) is 16.1 Å². The number of anilines is 2. The number of aromatic nitrogens is 1. The van der Waals surface area contributed by atoms with Gasteiger partial charge in [0.25, 0.3) is 5.91 Å². The van der Waals surface area contributed by atoms with Gasteiger partial charge in [-0.2, -0.15) is 0 Å². The van der Waals surface area contributed by atoms with Crippen LogP contribution < -0.4 is 15.8 Å². The first kappa shape index (κ1) is 18.7. The summed E-state index contributed by atoms with van der Waals surface area (Å²) < 4.78 is 5.36. The molecule has 0 unspecified atom stereocenters. The minimum absolute atomic E-state index is 0.275. The number of carbonyl (C=O) groups is 1. The van der Waals surface area contributed by atoms with E-state index in [9.17, 15) is 4.79 Å². The Morgan fingerprint density at radius 3 is 2.37 bits per heavy atom. The van der Waals surface area contributed by atoms with Crippen LogP contribution in [0.2, 0.25) is 5.02 Å². The van der Waals surface area contributed by atoms with Crippen molar-refractivity contribution in [1.82, 2.24) is 4.98 Å². The molecule has 0 radical (unpaired) electrons. The molecule has 0 aliphatic rings. The topological polar surface area (TPSA) is 77.2 Å². The molecule has 2 aromatic carbocycles. The highest BCUT2D eigenvalue weighted by Crippen LogP contribution is 2.33. The second kappa shape index (κ2) is 7.68. The maximum Gasteiger partial charge on any atom is 0.256 e. The van der Waals surface area contributed by atoms with Crippen molar-refractivity contribution < 1.29 is 9.53 Å². The lowest BCUT2D eigenvalue weighted by Crippen LogP contribution is -2.13. The van der Waals surface area contributed by atoms with E-state index >= 15 is 0 Å². The second-order valence-electron chi connectivity index (χ2n) is 6.23. The van der Waals surface area contributed by atoms with Crippen LogP contribution in [-0.4, -0.2) is 18.0 Å². The predicted octanol–water partition coefficient (Wildman–Crippen LogP) is 4.86. The summed E-state index contributed by atoms with van der Waals surface area (Å²) in [4.78, 5) is 16.6. The minimum atomic E-state index is -0.275. The average molecular weight is 382 g/mol. The van der Waals surface area contributed by atoms with Crippen LogP contribution in [-0.2, 0) is 0 Å². The van der Waals surface area contributed by atoms with E-state index in [1.54, 1.807) is 37.4 Å². The Balaban J connectivity index is 1.87. The molecule has 0 atom stereocenters. The van der Waals surface area contributed by atoms with Crippen molar-refractivity contribution in [1.29, 1.82) is 0 Å². The third-order valence-corrected chi connectivity index (χ3v) is 4.56. The first-order valence-electron chi connectivity index (χ1n) is 8.38. The number of nitrogens with zero attached hydrogens (tertiary/aromatic N) is 1. The third-order valence-electron chi connectivity index (χ3n) is 4.30. The molecule has 3 rings (SSSR count). The predicted molar refractivity (Wildman–Crippen MR) is 110 cm³/mol. The van der Waals surface area contributed by atoms with E-state index in [0.29, 0.717) is 22.2 Å². The number of halogens is 1. The first-order chi connectivity index (χ1) is 12.9. The molecule has 0 bridgehead atoms. The summed E-state index contributed by atoms with van der Waals surface area (Å²) in [5.74, 6) is 1.29. The van der Waals surface area contributed by atoms with Crippen LogP contribution in [0.25, 0.3) is 11.1 Å². The Morgan fingerprint density at radius 1 is 1.04 bits per heavy atom. The van der Waals surface area contributed by atoms with Crippen LogP contribution in [0.3, 0.4) is 0 Å². The fourth-order valence-corrected chi connectivity index (χ4v) is 2.99. The smallest absolute Gasteiger partial charge is 0.256 e. The lowest BCUT2D eigenvalue weighted by atomic mass is 9.98. The zero-order chi connectivity index (χ0) is 19.6. The minimum Gasteiger partial charge on any atom is -0.496 e. The van der Waals surface area contributed by atoms with Gasteiger partial charge in [-0.15, -0.1) is 0 Å². The second-order valence-corrected chi connectivity index (χ2v) is 6.66. The summed E-state index contributed by atoms with van der Waals surface area (Å²) in [5, 5.41) is 3.32. The van der Waals surface area contributed by atoms with E-state index in [2.05, 4.69) is 10.3 Å². The van der Waals surface area contributed by atoms with Gasteiger partial charge >= 0.3 is 0 Å². The number of rotatable bonds is 4. The maximum absolute atomic E-state index is 12.3. The Kier molecular flexibility index (Phi) is 5.33. The van der Waals surface area contributed by atoms with Gasteiger partial charge in [0.1, 0.15) is 17.4 Å². The highest BCUT2D eigenvalue weighted by Gasteiger charge is 2.13. The Bertz CT molecular complexity index is 1000. The van der Waals surface area contributed by atoms with E-state index < -0.39 is 0 Å². The molecule has 1 amide bonds. The quantitative estimate of drug-likeness (QED) is 0.676. The molecule has 0 spiro atoms. The standard InChI is InChI=1S/C21H20ClN3O2/c1-12-11-18(27-3)13(2)10-17(12)16-8-9-19(24-20(16)23)25-21(26)14-4-6-15(22)7-5-14/h4-11H,1-3H3,(H3,23,24,25,26). The van der Waals surface area contributed by atoms with Crippen LogP contribution >= 0.6 is 11.6 Å². The van der Waals surface area contributed by atoms with Gasteiger partial charge in [0.15, 0.2) is 0 Å². The molecule has 1 aromatic heterocycles. The van der Waals surface area contributed by atoms with Crippen molar-refractivity contribution in [2.75, 3.05) is 18.2 Å². The third kappa shape index (κ3) is 4.04. The van der Waals surface area contributed by atoms with Crippen molar-refractivity contribution in [2.24, 2.45) is 0 Å². The maximum atomic E-state index is 12.3. The summed E-state index contributed by atoms with van der Waals surface area (Å²) in [6.07, 6.45) is 0. The van der Waals surface area contributed by atoms with E-state index in [4.69, 9.17) is 22.1 Å². The molecule has 0 aliphatic carbocycles. The number of nitrogens with one attached hydrogen (secondary N) is 1. The molecule has 1 heterocycles. The van der Waals surface area contributed by atoms with E-state index in [-0.39, 0.29) is 5.91 Å². The number of pyridine rings is 1. The number of aryl methyl sites for hydroxylation is 2. The molecule has 6 heteroatoms. The number of nitrogens with two attached hydrogens (primary N) is 1. The van der Waals surface area contributed by atoms with Crippen molar-refractivity contribution >= 4 is 29.1 Å². The number of nitrogen functional groups attached to an aromatic ring is 1. The summed E-state index contributed by atoms with van der Waals surface area (Å²) in [5.41, 5.74) is 10.5. The van der Waals surface area contributed by atoms with E-state index in [1.165, 1.54) is 0 Å². The molecule has 0 saturated heterocycles. The Labute approximate surface area is 163 Å². The summed E-state index contributed by atoms with van der Waals surface area (Å²) in [7, 11) is 1.65. The lowest BCUT2D eigenvalue weighted by molar-refractivity contribution is 0.102. The number of carbonyl (C=O) groups excluding carboxylic acids is 1. The SMILES string of the molecule is COc1cc(C)c(-c2ccc(NC(=O)c3ccc(Cl)cc3)nc2N)cc1C. The molecule has 3 N–H and O–H groups in total. The van der Waals surface area contributed by atoms with E-state index in [1.807, 2.05) is 32.0 Å². The van der Waals surface area contributed by atoms with Gasteiger partial charge in [0.2, 0.25) is 0 Å².